The van der Waals surface area contributed by atoms with E-state index in [4.69, 9.17) is 4.74 Å². The standard InChI is InChI=1S/C26H32BrN3O5/c1-35-24(31)10-5-16-30(23-9-4-7-18-6-2-3-8-21(18)23)17-15-22(25(32)33)29-26(34)28-20-13-11-19(27)12-14-20/h2-3,6,8,11-14,22-23H,4-5,7,9-10,15-17H2,1H3,(H,32,33)(H2,28,29,34). The molecule has 0 heterocycles. The van der Waals surface area contributed by atoms with Gasteiger partial charge in [0.1, 0.15) is 6.04 Å². The van der Waals surface area contributed by atoms with Gasteiger partial charge >= 0.3 is 18.0 Å². The highest BCUT2D eigenvalue weighted by molar-refractivity contribution is 9.10. The number of esters is 1. The zero-order chi connectivity index (χ0) is 25.2. The van der Waals surface area contributed by atoms with Crippen LogP contribution < -0.4 is 10.6 Å². The molecule has 2 unspecified atom stereocenters. The summed E-state index contributed by atoms with van der Waals surface area (Å²) in [6.07, 6.45) is 4.19. The fourth-order valence-electron chi connectivity index (χ4n) is 4.47. The lowest BCUT2D eigenvalue weighted by Gasteiger charge is -2.36. The van der Waals surface area contributed by atoms with Gasteiger partial charge in [-0.25, -0.2) is 9.59 Å². The third-order valence-corrected chi connectivity index (χ3v) is 6.77. The van der Waals surface area contributed by atoms with Crippen molar-refractivity contribution in [3.63, 3.8) is 0 Å². The molecule has 9 heteroatoms. The Labute approximate surface area is 214 Å². The zero-order valence-corrected chi connectivity index (χ0v) is 21.4. The number of hydrogen-bond donors (Lipinski definition) is 3. The number of urea groups is 1. The molecular weight excluding hydrogens is 514 g/mol. The van der Waals surface area contributed by atoms with Crippen LogP contribution in [0.4, 0.5) is 10.5 Å². The molecule has 0 radical (unpaired) electrons. The van der Waals surface area contributed by atoms with E-state index in [0.717, 1.165) is 23.7 Å². The number of nitrogens with zero attached hydrogens (tertiary/aromatic N) is 1. The van der Waals surface area contributed by atoms with Crippen LogP contribution in [0.2, 0.25) is 0 Å². The number of halogens is 1. The van der Waals surface area contributed by atoms with Crippen molar-refractivity contribution in [2.24, 2.45) is 0 Å². The van der Waals surface area contributed by atoms with E-state index in [1.54, 1.807) is 24.3 Å². The monoisotopic (exact) mass is 545 g/mol. The number of fused-ring (bicyclic) bond motifs is 1. The largest absolute Gasteiger partial charge is 0.480 e. The number of benzene rings is 2. The summed E-state index contributed by atoms with van der Waals surface area (Å²) < 4.78 is 5.65. The summed E-state index contributed by atoms with van der Waals surface area (Å²) in [6, 6.07) is 13.9. The van der Waals surface area contributed by atoms with Crippen LogP contribution in [0.15, 0.2) is 53.0 Å². The van der Waals surface area contributed by atoms with E-state index in [1.165, 1.54) is 18.2 Å². The summed E-state index contributed by atoms with van der Waals surface area (Å²) in [4.78, 5) is 38.3. The van der Waals surface area contributed by atoms with Gasteiger partial charge in [-0.3, -0.25) is 9.69 Å². The Balaban J connectivity index is 1.66. The smallest absolute Gasteiger partial charge is 0.326 e. The Bertz CT molecular complexity index is 1010. The third-order valence-electron chi connectivity index (χ3n) is 6.24. The van der Waals surface area contributed by atoms with E-state index < -0.39 is 18.0 Å². The average Bonchev–Trinajstić information content (AvgIpc) is 2.86. The van der Waals surface area contributed by atoms with Crippen molar-refractivity contribution in [2.45, 2.75) is 50.6 Å². The lowest BCUT2D eigenvalue weighted by Crippen LogP contribution is -2.45. The Hall–Kier alpha value is -2.91. The highest BCUT2D eigenvalue weighted by Gasteiger charge is 2.28. The molecule has 2 amide bonds. The van der Waals surface area contributed by atoms with E-state index in [-0.39, 0.29) is 18.4 Å². The van der Waals surface area contributed by atoms with E-state index in [1.807, 2.05) is 12.1 Å². The summed E-state index contributed by atoms with van der Waals surface area (Å²) in [5.41, 5.74) is 3.13. The molecule has 188 valence electrons. The van der Waals surface area contributed by atoms with Crippen LogP contribution in [0, 0.1) is 0 Å². The predicted molar refractivity (Wildman–Crippen MR) is 137 cm³/mol. The van der Waals surface area contributed by atoms with Crippen LogP contribution >= 0.6 is 15.9 Å². The molecule has 8 nitrogen and oxygen atoms in total. The average molecular weight is 546 g/mol. The number of ether oxygens (including phenoxy) is 1. The normalized spacial score (nSPS) is 15.7. The second-order valence-corrected chi connectivity index (χ2v) is 9.52. The molecule has 0 spiro atoms. The lowest BCUT2D eigenvalue weighted by atomic mass is 9.86. The Morgan fingerprint density at radius 1 is 1.14 bits per heavy atom. The number of hydrogen-bond acceptors (Lipinski definition) is 5. The number of aliphatic carboxylic acids is 1. The molecule has 1 aliphatic carbocycles. The highest BCUT2D eigenvalue weighted by atomic mass is 79.9. The maximum Gasteiger partial charge on any atom is 0.326 e. The van der Waals surface area contributed by atoms with Crippen molar-refractivity contribution in [3.05, 3.63) is 64.1 Å². The number of carbonyl (C=O) groups is 3. The van der Waals surface area contributed by atoms with Crippen LogP contribution in [0.3, 0.4) is 0 Å². The molecule has 2 aromatic carbocycles. The maximum atomic E-state index is 12.4. The summed E-state index contributed by atoms with van der Waals surface area (Å²) >= 11 is 3.34. The van der Waals surface area contributed by atoms with Crippen LogP contribution in [0.25, 0.3) is 0 Å². The number of carbonyl (C=O) groups excluding carboxylic acids is 2. The SMILES string of the molecule is COC(=O)CCCN(CCC(NC(=O)Nc1ccc(Br)cc1)C(=O)O)C1CCCc2ccccc21. The molecule has 1 aliphatic rings. The number of aryl methyl sites for hydroxylation is 1. The first-order valence-electron chi connectivity index (χ1n) is 11.8. The molecule has 3 N–H and O–H groups in total. The minimum Gasteiger partial charge on any atom is -0.480 e. The van der Waals surface area contributed by atoms with Gasteiger partial charge < -0.3 is 20.5 Å². The van der Waals surface area contributed by atoms with Crippen molar-refractivity contribution in [1.29, 1.82) is 0 Å². The van der Waals surface area contributed by atoms with Crippen molar-refractivity contribution in [2.75, 3.05) is 25.5 Å². The van der Waals surface area contributed by atoms with Gasteiger partial charge in [0.05, 0.1) is 7.11 Å². The minimum absolute atomic E-state index is 0.142. The van der Waals surface area contributed by atoms with Crippen LogP contribution in [0.1, 0.15) is 49.3 Å². The molecule has 35 heavy (non-hydrogen) atoms. The molecule has 0 saturated carbocycles. The van der Waals surface area contributed by atoms with Gasteiger partial charge in [-0.05, 0) is 74.0 Å². The molecule has 2 atom stereocenters. The third kappa shape index (κ3) is 8.07. The van der Waals surface area contributed by atoms with Gasteiger partial charge in [0, 0.05) is 29.2 Å². The second kappa shape index (κ2) is 13.3. The zero-order valence-electron chi connectivity index (χ0n) is 19.8. The summed E-state index contributed by atoms with van der Waals surface area (Å²) in [5.74, 6) is -1.35. The Morgan fingerprint density at radius 2 is 1.89 bits per heavy atom. The predicted octanol–water partition coefficient (Wildman–Crippen LogP) is 4.75. The number of carboxylic acids is 1. The van der Waals surface area contributed by atoms with Crippen LogP contribution in [-0.4, -0.2) is 54.2 Å². The number of carboxylic acid groups (broad SMARTS) is 1. The second-order valence-electron chi connectivity index (χ2n) is 8.61. The fraction of sp³-hybridized carbons (Fsp3) is 0.423. The molecule has 0 aromatic heterocycles. The van der Waals surface area contributed by atoms with Gasteiger partial charge in [-0.1, -0.05) is 40.2 Å². The Kier molecular flexibility index (Phi) is 10.1. The van der Waals surface area contributed by atoms with Crippen molar-refractivity contribution in [3.8, 4) is 0 Å². The number of rotatable bonds is 11. The molecule has 0 fully saturated rings. The van der Waals surface area contributed by atoms with Gasteiger partial charge in [0.25, 0.3) is 0 Å². The fourth-order valence-corrected chi connectivity index (χ4v) is 4.73. The van der Waals surface area contributed by atoms with E-state index >= 15 is 0 Å². The Morgan fingerprint density at radius 3 is 2.60 bits per heavy atom. The summed E-state index contributed by atoms with van der Waals surface area (Å²) in [7, 11) is 1.37. The van der Waals surface area contributed by atoms with Gasteiger partial charge in [0.15, 0.2) is 0 Å². The van der Waals surface area contributed by atoms with Crippen LogP contribution in [-0.2, 0) is 20.7 Å². The topological polar surface area (TPSA) is 108 Å². The number of nitrogens with one attached hydrogen (secondary N) is 2. The molecule has 3 rings (SSSR count). The summed E-state index contributed by atoms with van der Waals surface area (Å²) in [6.45, 7) is 1.10. The maximum absolute atomic E-state index is 12.4. The van der Waals surface area contributed by atoms with Crippen molar-refractivity contribution >= 4 is 39.6 Å². The molecule has 0 saturated heterocycles. The van der Waals surface area contributed by atoms with Crippen molar-refractivity contribution in [1.82, 2.24) is 10.2 Å². The minimum atomic E-state index is -1.09. The highest BCUT2D eigenvalue weighted by Crippen LogP contribution is 2.34. The first-order valence-corrected chi connectivity index (χ1v) is 12.6. The lowest BCUT2D eigenvalue weighted by molar-refractivity contribution is -0.141. The summed E-state index contributed by atoms with van der Waals surface area (Å²) in [5, 5.41) is 15.0. The first kappa shape index (κ1) is 26.7. The molecular formula is C26H32BrN3O5. The van der Waals surface area contributed by atoms with E-state index in [9.17, 15) is 19.5 Å². The number of methoxy groups -OCH3 is 1. The van der Waals surface area contributed by atoms with Gasteiger partial charge in [-0.15, -0.1) is 0 Å². The molecule has 0 bridgehead atoms. The number of anilines is 1. The first-order chi connectivity index (χ1) is 16.9. The van der Waals surface area contributed by atoms with Crippen LogP contribution in [0.5, 0.6) is 0 Å². The van der Waals surface area contributed by atoms with Crippen molar-refractivity contribution < 1.29 is 24.2 Å². The molecule has 0 aliphatic heterocycles. The van der Waals surface area contributed by atoms with E-state index in [2.05, 4.69) is 43.6 Å². The number of amides is 2. The molecule has 2 aromatic rings. The van der Waals surface area contributed by atoms with E-state index in [0.29, 0.717) is 31.6 Å². The quantitative estimate of drug-likeness (QED) is 0.352. The van der Waals surface area contributed by atoms with Gasteiger partial charge in [0.2, 0.25) is 0 Å². The van der Waals surface area contributed by atoms with Gasteiger partial charge in [-0.2, -0.15) is 0 Å².